The van der Waals surface area contributed by atoms with Gasteiger partial charge in [0.25, 0.3) is 0 Å². The third-order valence-corrected chi connectivity index (χ3v) is 7.83. The van der Waals surface area contributed by atoms with Crippen LogP contribution in [0.3, 0.4) is 0 Å². The van der Waals surface area contributed by atoms with Crippen molar-refractivity contribution in [3.05, 3.63) is 12.2 Å². The van der Waals surface area contributed by atoms with E-state index >= 15 is 0 Å². The maximum atomic E-state index is 11.7. The molecule has 0 saturated heterocycles. The van der Waals surface area contributed by atoms with Crippen molar-refractivity contribution < 1.29 is 29.0 Å². The van der Waals surface area contributed by atoms with E-state index in [0.29, 0.717) is 6.42 Å². The monoisotopic (exact) mass is 512 g/mol. The van der Waals surface area contributed by atoms with Crippen LogP contribution < -0.4 is 0 Å². The molecule has 0 spiro atoms. The quantitative estimate of drug-likeness (QED) is 0.0587. The molecule has 0 aliphatic heterocycles. The van der Waals surface area contributed by atoms with Crippen molar-refractivity contribution in [1.29, 1.82) is 0 Å². The topological polar surface area (TPSA) is 104 Å². The first-order valence-electron chi connectivity index (χ1n) is 11.4. The number of hydrogen-bond acceptors (Lipinski definition) is 4. The van der Waals surface area contributed by atoms with Gasteiger partial charge in [-0.15, -0.1) is 0 Å². The minimum Gasteiger partial charge on any atom is -0.463 e. The first kappa shape index (κ1) is 29.8. The highest BCUT2D eigenvalue weighted by Crippen LogP contribution is 2.46. The highest BCUT2D eigenvalue weighted by atomic mass is 79.9. The van der Waals surface area contributed by atoms with Crippen LogP contribution in [0.25, 0.3) is 0 Å². The Morgan fingerprint density at radius 3 is 1.97 bits per heavy atom. The van der Waals surface area contributed by atoms with Crippen LogP contribution in [0, 0.1) is 0 Å². The van der Waals surface area contributed by atoms with E-state index in [4.69, 9.17) is 14.5 Å². The van der Waals surface area contributed by atoms with Crippen LogP contribution in [-0.4, -0.2) is 38.1 Å². The predicted molar refractivity (Wildman–Crippen MR) is 126 cm³/mol. The Morgan fingerprint density at radius 2 is 1.43 bits per heavy atom. The lowest BCUT2D eigenvalue weighted by Crippen LogP contribution is -2.22. The van der Waals surface area contributed by atoms with Gasteiger partial charge < -0.3 is 19.6 Å². The van der Waals surface area contributed by atoms with Gasteiger partial charge in [-0.2, -0.15) is 0 Å². The highest BCUT2D eigenvalue weighted by molar-refractivity contribution is 9.10. The van der Waals surface area contributed by atoms with Gasteiger partial charge in [-0.25, -0.2) is 0 Å². The summed E-state index contributed by atoms with van der Waals surface area (Å²) in [5.74, 6) is -0.381. The molecule has 6 nitrogen and oxygen atoms in total. The number of ether oxygens (including phenoxy) is 1. The summed E-state index contributed by atoms with van der Waals surface area (Å²) in [6.07, 6.45) is 19.1. The molecule has 0 bridgehead atoms. The van der Waals surface area contributed by atoms with Crippen molar-refractivity contribution in [1.82, 2.24) is 0 Å². The molecule has 178 valence electrons. The Balaban J connectivity index is 3.46. The third kappa shape index (κ3) is 19.7. The fourth-order valence-electron chi connectivity index (χ4n) is 3.03. The molecular weight excluding hydrogens is 471 g/mol. The van der Waals surface area contributed by atoms with Gasteiger partial charge in [0.15, 0.2) is 0 Å². The minimum atomic E-state index is -4.29. The Labute approximate surface area is 191 Å². The second-order valence-electron chi connectivity index (χ2n) is 7.93. The molecule has 0 amide bonds. The molecule has 1 unspecified atom stereocenters. The van der Waals surface area contributed by atoms with Gasteiger partial charge in [0.05, 0.1) is 6.10 Å². The molecule has 0 aliphatic carbocycles. The Morgan fingerprint density at radius 1 is 0.933 bits per heavy atom. The van der Waals surface area contributed by atoms with Crippen molar-refractivity contribution in [3.8, 4) is 0 Å². The maximum Gasteiger partial charge on any atom is 0.339 e. The van der Waals surface area contributed by atoms with E-state index in [-0.39, 0.29) is 19.0 Å². The second-order valence-corrected chi connectivity index (χ2v) is 11.5. The molecule has 0 aromatic carbocycles. The van der Waals surface area contributed by atoms with Gasteiger partial charge in [-0.3, -0.25) is 9.36 Å². The Hall–Kier alpha value is -0.200. The van der Waals surface area contributed by atoms with E-state index in [2.05, 4.69) is 35.0 Å². The number of alkyl halides is 1. The molecule has 0 aliphatic rings. The number of carbonyl (C=O) groups is 1. The summed E-state index contributed by atoms with van der Waals surface area (Å²) in [6, 6.07) is 0. The fourth-order valence-corrected chi connectivity index (χ4v) is 3.98. The van der Waals surface area contributed by atoms with E-state index < -0.39 is 18.3 Å². The van der Waals surface area contributed by atoms with Gasteiger partial charge in [-0.1, -0.05) is 86.4 Å². The van der Waals surface area contributed by atoms with Crippen LogP contribution in [0.2, 0.25) is 0 Å². The largest absolute Gasteiger partial charge is 0.463 e. The number of allylic oxidation sites excluding steroid dienone is 2. The van der Waals surface area contributed by atoms with Crippen LogP contribution in [0.5, 0.6) is 0 Å². The smallest absolute Gasteiger partial charge is 0.339 e. The second kappa shape index (κ2) is 19.5. The summed E-state index contributed by atoms with van der Waals surface area (Å²) < 4.78 is 14.8. The first-order valence-corrected chi connectivity index (χ1v) is 14.0. The molecule has 0 heterocycles. The number of halogens is 1. The summed E-state index contributed by atoms with van der Waals surface area (Å²) in [7, 11) is -4.29. The van der Waals surface area contributed by atoms with E-state index in [1.54, 1.807) is 0 Å². The molecule has 0 saturated carbocycles. The summed E-state index contributed by atoms with van der Waals surface area (Å²) in [4.78, 5) is 29.6. The first-order chi connectivity index (χ1) is 14.3. The van der Waals surface area contributed by atoms with Crippen LogP contribution in [0.1, 0.15) is 103 Å². The lowest BCUT2D eigenvalue weighted by molar-refractivity contribution is -0.146. The molecule has 0 fully saturated rings. The third-order valence-electron chi connectivity index (χ3n) is 4.91. The highest BCUT2D eigenvalue weighted by Gasteiger charge is 2.28. The number of esters is 1. The number of unbranched alkanes of at least 4 members (excludes halogenated alkanes) is 11. The van der Waals surface area contributed by atoms with Crippen molar-refractivity contribution in [2.75, 3.05) is 6.61 Å². The predicted octanol–water partition coefficient (Wildman–Crippen LogP) is 6.22. The van der Waals surface area contributed by atoms with E-state index in [9.17, 15) is 14.5 Å². The number of aliphatic hydroxyl groups is 1. The Bertz CT molecular complexity index is 494. The van der Waals surface area contributed by atoms with Crippen LogP contribution in [0.4, 0.5) is 0 Å². The van der Waals surface area contributed by atoms with Crippen LogP contribution in [0.15, 0.2) is 12.2 Å². The van der Waals surface area contributed by atoms with Crippen molar-refractivity contribution in [3.63, 3.8) is 0 Å². The van der Waals surface area contributed by atoms with E-state index in [1.807, 2.05) is 0 Å². The molecule has 3 N–H and O–H groups in total. The van der Waals surface area contributed by atoms with Gasteiger partial charge >= 0.3 is 13.6 Å². The van der Waals surface area contributed by atoms with Gasteiger partial charge in [0.2, 0.25) is 0 Å². The summed E-state index contributed by atoms with van der Waals surface area (Å²) in [6.45, 7) is 2.00. The fraction of sp³-hybridized carbons (Fsp3) is 0.864. The van der Waals surface area contributed by atoms with Crippen molar-refractivity contribution >= 4 is 29.5 Å². The number of carbonyl (C=O) groups excluding carboxylic acids is 1. The van der Waals surface area contributed by atoms with Crippen LogP contribution >= 0.6 is 23.5 Å². The zero-order valence-corrected chi connectivity index (χ0v) is 21.0. The Kier molecular flexibility index (Phi) is 19.4. The van der Waals surface area contributed by atoms with E-state index in [0.717, 1.165) is 32.1 Å². The molecule has 8 heteroatoms. The average molecular weight is 513 g/mol. The SMILES string of the molecule is CCCCCCCCC=CCCCCCCCC(=O)OC[C@@H](O)CC(Br)P(=O)(O)O. The summed E-state index contributed by atoms with van der Waals surface area (Å²) in [5, 5.41) is 9.68. The molecule has 0 aromatic heterocycles. The average Bonchev–Trinajstić information content (AvgIpc) is 2.68. The number of hydrogen-bond donors (Lipinski definition) is 3. The normalized spacial score (nSPS) is 14.2. The maximum absolute atomic E-state index is 11.7. The summed E-state index contributed by atoms with van der Waals surface area (Å²) >= 11 is 2.84. The zero-order chi connectivity index (χ0) is 22.7. The zero-order valence-electron chi connectivity index (χ0n) is 18.5. The summed E-state index contributed by atoms with van der Waals surface area (Å²) in [5.41, 5.74) is 0. The molecule has 0 aromatic rings. The van der Waals surface area contributed by atoms with Gasteiger partial charge in [0.1, 0.15) is 11.2 Å². The molecule has 0 rings (SSSR count). The van der Waals surface area contributed by atoms with Crippen molar-refractivity contribution in [2.24, 2.45) is 0 Å². The van der Waals surface area contributed by atoms with E-state index in [1.165, 1.54) is 51.4 Å². The standard InChI is InChI=1S/C22H42BrO6P/c1-2-3-4-5-6-7-8-9-10-11-12-13-14-15-16-17-22(25)29-19-20(24)18-21(23)30(26,27)28/h9-10,20-21,24H,2-8,11-19H2,1H3,(H2,26,27,28)/t20-,21?/m0/s1. The number of rotatable bonds is 20. The van der Waals surface area contributed by atoms with Crippen LogP contribution in [-0.2, 0) is 14.1 Å². The lowest BCUT2D eigenvalue weighted by atomic mass is 10.1. The van der Waals surface area contributed by atoms with Crippen molar-refractivity contribution in [2.45, 2.75) is 114 Å². The molecule has 2 atom stereocenters. The molecular formula is C22H42BrO6P. The van der Waals surface area contributed by atoms with Gasteiger partial charge in [-0.05, 0) is 32.1 Å². The number of aliphatic hydroxyl groups excluding tert-OH is 1. The lowest BCUT2D eigenvalue weighted by Gasteiger charge is -2.16. The molecule has 0 radical (unpaired) electrons. The van der Waals surface area contributed by atoms with Gasteiger partial charge in [0, 0.05) is 12.8 Å². The minimum absolute atomic E-state index is 0.176. The molecule has 30 heavy (non-hydrogen) atoms.